The van der Waals surface area contributed by atoms with Crippen LogP contribution in [0.15, 0.2) is 0 Å². The summed E-state index contributed by atoms with van der Waals surface area (Å²) in [6.07, 6.45) is 0. The molecule has 0 bridgehead atoms. The number of hydrogen-bond donors (Lipinski definition) is 1. The lowest BCUT2D eigenvalue weighted by atomic mass is 11.6. The molecule has 0 heterocycles. The summed E-state index contributed by atoms with van der Waals surface area (Å²) in [6.45, 7) is 0. The van der Waals surface area contributed by atoms with Crippen molar-refractivity contribution in [2.45, 2.75) is 0 Å². The van der Waals surface area contributed by atoms with Crippen LogP contribution in [0.4, 0.5) is 16.5 Å². The van der Waals surface area contributed by atoms with E-state index in [9.17, 15) is 11.7 Å². The van der Waals surface area contributed by atoms with Crippen LogP contribution in [-0.2, 0) is 0 Å². The zero-order valence-corrected chi connectivity index (χ0v) is 3.71. The molecule has 0 amide bonds. The van der Waals surface area contributed by atoms with E-state index >= 15 is 0 Å². The van der Waals surface area contributed by atoms with Gasteiger partial charge >= 0.3 is 16.5 Å². The van der Waals surface area contributed by atoms with E-state index in [0.717, 1.165) is 0 Å². The SMILES string of the molecule is O=C(O)S(F)(F)F. The number of carboxylic acid groups (broad SMARTS) is 1. The maximum absolute atomic E-state index is 10.7. The van der Waals surface area contributed by atoms with Crippen LogP contribution in [0.1, 0.15) is 0 Å². The first-order valence-electron chi connectivity index (χ1n) is 1.09. The molecule has 6 heteroatoms. The average molecular weight is 134 g/mol. The third kappa shape index (κ3) is 2.32. The van der Waals surface area contributed by atoms with Crippen molar-refractivity contribution in [1.29, 1.82) is 0 Å². The molecule has 0 aliphatic heterocycles. The largest absolute Gasteiger partial charge is 0.469 e. The second kappa shape index (κ2) is 1.61. The normalized spacial score (nSPS) is 13.6. The highest BCUT2D eigenvalue weighted by Gasteiger charge is 2.31. The van der Waals surface area contributed by atoms with Crippen LogP contribution in [0.25, 0.3) is 0 Å². The van der Waals surface area contributed by atoms with Gasteiger partial charge in [0.2, 0.25) is 0 Å². The third-order valence-corrected chi connectivity index (χ3v) is 0.594. The molecule has 0 rings (SSSR count). The molecule has 0 saturated carbocycles. The maximum atomic E-state index is 10.7. The quantitative estimate of drug-likeness (QED) is 0.550. The molecule has 7 heavy (non-hydrogen) atoms. The van der Waals surface area contributed by atoms with Gasteiger partial charge in [0.1, 0.15) is 0 Å². The van der Waals surface area contributed by atoms with Gasteiger partial charge in [-0.15, -0.1) is 11.7 Å². The molecule has 0 aromatic rings. The van der Waals surface area contributed by atoms with E-state index in [2.05, 4.69) is 0 Å². The number of rotatable bonds is 0. The van der Waals surface area contributed by atoms with Crippen molar-refractivity contribution in [3.63, 3.8) is 0 Å². The van der Waals surface area contributed by atoms with Crippen LogP contribution in [-0.4, -0.2) is 10.4 Å². The zero-order chi connectivity index (χ0) is 6.08. The Bertz CT molecular complexity index is 85.4. The zero-order valence-electron chi connectivity index (χ0n) is 2.90. The predicted molar refractivity (Wildman–Crippen MR) is 18.9 cm³/mol. The van der Waals surface area contributed by atoms with Crippen LogP contribution < -0.4 is 0 Å². The van der Waals surface area contributed by atoms with Gasteiger partial charge in [-0.3, -0.25) is 0 Å². The van der Waals surface area contributed by atoms with Gasteiger partial charge in [-0.05, 0) is 0 Å². The lowest BCUT2D eigenvalue weighted by Gasteiger charge is -1.98. The van der Waals surface area contributed by atoms with Crippen molar-refractivity contribution in [2.75, 3.05) is 0 Å². The van der Waals surface area contributed by atoms with Gasteiger partial charge in [0.05, 0.1) is 0 Å². The summed E-state index contributed by atoms with van der Waals surface area (Å²) in [7, 11) is 0. The minimum absolute atomic E-state index is 2.67. The van der Waals surface area contributed by atoms with Crippen LogP contribution in [0.3, 0.4) is 0 Å². The Labute approximate surface area is 39.1 Å². The fourth-order valence-electron chi connectivity index (χ4n) is 0. The molecule has 2 nitrogen and oxygen atoms in total. The lowest BCUT2D eigenvalue weighted by Crippen LogP contribution is -1.90. The second-order valence-electron chi connectivity index (χ2n) is 0.672. The molecule has 0 aliphatic rings. The molecule has 0 saturated heterocycles. The van der Waals surface area contributed by atoms with Gasteiger partial charge in [-0.2, -0.15) is 0 Å². The minimum atomic E-state index is -5.82. The van der Waals surface area contributed by atoms with Crippen LogP contribution >= 0.6 is 11.2 Å². The van der Waals surface area contributed by atoms with Crippen LogP contribution in [0.5, 0.6) is 0 Å². The number of carbonyl (C=O) groups is 1. The summed E-state index contributed by atoms with van der Waals surface area (Å²) >= 11 is -5.82. The fourth-order valence-corrected chi connectivity index (χ4v) is 0. The van der Waals surface area contributed by atoms with Crippen LogP contribution in [0.2, 0.25) is 0 Å². The van der Waals surface area contributed by atoms with Crippen molar-refractivity contribution in [1.82, 2.24) is 0 Å². The molecule has 0 aromatic carbocycles. The molecule has 0 spiro atoms. The van der Waals surface area contributed by atoms with E-state index in [1.165, 1.54) is 0 Å². The lowest BCUT2D eigenvalue weighted by molar-refractivity contribution is 0.217. The monoisotopic (exact) mass is 134 g/mol. The Kier molecular flexibility index (Phi) is 1.52. The summed E-state index contributed by atoms with van der Waals surface area (Å²) in [6, 6.07) is 0. The molecule has 0 aromatic heterocycles. The van der Waals surface area contributed by atoms with E-state index in [0.29, 0.717) is 0 Å². The van der Waals surface area contributed by atoms with E-state index in [1.54, 1.807) is 0 Å². The highest BCUT2D eigenvalue weighted by atomic mass is 32.3. The van der Waals surface area contributed by atoms with Crippen molar-refractivity contribution >= 4 is 16.5 Å². The van der Waals surface area contributed by atoms with E-state index in [4.69, 9.17) is 9.90 Å². The van der Waals surface area contributed by atoms with Gasteiger partial charge in [0.25, 0.3) is 0 Å². The molecule has 0 radical (unpaired) electrons. The molecule has 0 atom stereocenters. The van der Waals surface area contributed by atoms with Crippen molar-refractivity contribution in [2.24, 2.45) is 0 Å². The Morgan fingerprint density at radius 1 is 1.43 bits per heavy atom. The minimum Gasteiger partial charge on any atom is -0.469 e. The Balaban J connectivity index is 3.79. The van der Waals surface area contributed by atoms with E-state index in [1.807, 2.05) is 0 Å². The first-order valence-corrected chi connectivity index (χ1v) is 2.43. The molecular formula is CHF3O2S. The maximum Gasteiger partial charge on any atom is 0.432 e. The van der Waals surface area contributed by atoms with Crippen LogP contribution in [0, 0.1) is 0 Å². The number of hydrogen-bond acceptors (Lipinski definition) is 1. The topological polar surface area (TPSA) is 37.3 Å². The van der Waals surface area contributed by atoms with Gasteiger partial charge in [-0.25, -0.2) is 4.79 Å². The van der Waals surface area contributed by atoms with Gasteiger partial charge in [-0.1, -0.05) is 0 Å². The Hall–Kier alpha value is -0.390. The average Bonchev–Trinajstić information content (AvgIpc) is 1.31. The highest BCUT2D eigenvalue weighted by Crippen LogP contribution is 2.53. The van der Waals surface area contributed by atoms with E-state index < -0.39 is 16.5 Å². The first-order chi connectivity index (χ1) is 2.94. The third-order valence-electron chi connectivity index (χ3n) is 0.198. The molecule has 1 N–H and O–H groups in total. The Morgan fingerprint density at radius 3 is 1.57 bits per heavy atom. The first kappa shape index (κ1) is 6.61. The predicted octanol–water partition coefficient (Wildman–Crippen LogP) is 2.12. The summed E-state index contributed by atoms with van der Waals surface area (Å²) in [5.41, 5.74) is 0. The standard InChI is InChI=1S/CHF3O2S/c2-7(3,4)1(5)6/h(H,5,6). The van der Waals surface area contributed by atoms with Gasteiger partial charge < -0.3 is 5.11 Å². The summed E-state index contributed by atoms with van der Waals surface area (Å²) < 4.78 is 32.0. The van der Waals surface area contributed by atoms with Crippen molar-refractivity contribution in [3.8, 4) is 0 Å². The smallest absolute Gasteiger partial charge is 0.432 e. The highest BCUT2D eigenvalue weighted by molar-refractivity contribution is 8.33. The molecule has 44 valence electrons. The fraction of sp³-hybridized carbons (Fsp3) is 0. The number of halogens is 3. The Morgan fingerprint density at radius 2 is 1.57 bits per heavy atom. The summed E-state index contributed by atoms with van der Waals surface area (Å²) in [4.78, 5) is 8.93. The molecular weight excluding hydrogens is 133 g/mol. The van der Waals surface area contributed by atoms with Gasteiger partial charge in [0, 0.05) is 0 Å². The van der Waals surface area contributed by atoms with E-state index in [-0.39, 0.29) is 0 Å². The second-order valence-corrected chi connectivity index (χ2v) is 1.83. The van der Waals surface area contributed by atoms with Crippen molar-refractivity contribution < 1.29 is 21.6 Å². The molecule has 0 unspecified atom stereocenters. The van der Waals surface area contributed by atoms with Crippen molar-refractivity contribution in [3.05, 3.63) is 0 Å². The molecule has 0 fully saturated rings. The van der Waals surface area contributed by atoms with Gasteiger partial charge in [0.15, 0.2) is 0 Å². The molecule has 0 aliphatic carbocycles. The summed E-state index contributed by atoms with van der Waals surface area (Å²) in [5.74, 6) is 0. The summed E-state index contributed by atoms with van der Waals surface area (Å²) in [5, 5.41) is 4.49.